The van der Waals surface area contributed by atoms with E-state index in [0.29, 0.717) is 11.0 Å². The molecule has 18 heavy (non-hydrogen) atoms. The summed E-state index contributed by atoms with van der Waals surface area (Å²) >= 11 is 4.85. The normalized spacial score (nSPS) is 11.6. The molecule has 6 heteroatoms. The fourth-order valence-corrected chi connectivity index (χ4v) is 2.45. The third-order valence-electron chi connectivity index (χ3n) is 2.27. The molecule has 0 aromatic heterocycles. The predicted octanol–water partition coefficient (Wildman–Crippen LogP) is 5.02. The highest BCUT2D eigenvalue weighted by Crippen LogP contribution is 2.36. The summed E-state index contributed by atoms with van der Waals surface area (Å²) in [5.41, 5.74) is -0.479. The zero-order valence-corrected chi connectivity index (χ0v) is 12.4. The monoisotopic (exact) mass is 341 g/mol. The third-order valence-corrected chi connectivity index (χ3v) is 3.75. The SMILES string of the molecule is CCSCCCNc1ccc(Br)cc1C(F)(F)F. The standard InChI is InChI=1S/C12H15BrF3NS/c1-2-18-7-3-6-17-11-5-4-9(13)8-10(11)12(14,15)16/h4-5,8,17H,2-3,6-7H2,1H3. The molecule has 1 aromatic rings. The minimum absolute atomic E-state index is 0.146. The lowest BCUT2D eigenvalue weighted by Gasteiger charge is -2.14. The lowest BCUT2D eigenvalue weighted by molar-refractivity contribution is -0.137. The van der Waals surface area contributed by atoms with Crippen molar-refractivity contribution in [3.63, 3.8) is 0 Å². The zero-order valence-electron chi connectivity index (χ0n) is 9.98. The smallest absolute Gasteiger partial charge is 0.385 e. The van der Waals surface area contributed by atoms with Crippen LogP contribution >= 0.6 is 27.7 Å². The van der Waals surface area contributed by atoms with Crippen LogP contribution in [0.3, 0.4) is 0 Å². The molecule has 102 valence electrons. The number of hydrogen-bond donors (Lipinski definition) is 1. The van der Waals surface area contributed by atoms with E-state index in [1.807, 2.05) is 0 Å². The highest BCUT2D eigenvalue weighted by Gasteiger charge is 2.33. The second kappa shape index (κ2) is 7.28. The fraction of sp³-hybridized carbons (Fsp3) is 0.500. The molecule has 0 radical (unpaired) electrons. The van der Waals surface area contributed by atoms with Gasteiger partial charge < -0.3 is 5.32 Å². The molecule has 1 nitrogen and oxygen atoms in total. The van der Waals surface area contributed by atoms with Crippen LogP contribution in [0.25, 0.3) is 0 Å². The van der Waals surface area contributed by atoms with Gasteiger partial charge in [0, 0.05) is 16.7 Å². The Morgan fingerprint density at radius 3 is 2.67 bits per heavy atom. The van der Waals surface area contributed by atoms with Gasteiger partial charge in [0.2, 0.25) is 0 Å². The number of rotatable bonds is 6. The Labute approximate surface area is 118 Å². The number of nitrogens with one attached hydrogen (secondary N) is 1. The van der Waals surface area contributed by atoms with Crippen molar-refractivity contribution in [3.8, 4) is 0 Å². The van der Waals surface area contributed by atoms with Crippen LogP contribution in [0.4, 0.5) is 18.9 Å². The van der Waals surface area contributed by atoms with Crippen LogP contribution in [0.15, 0.2) is 22.7 Å². The lowest BCUT2D eigenvalue weighted by atomic mass is 10.1. The van der Waals surface area contributed by atoms with E-state index in [1.54, 1.807) is 17.8 Å². The topological polar surface area (TPSA) is 12.0 Å². The van der Waals surface area contributed by atoms with Crippen LogP contribution in [-0.2, 0) is 6.18 Å². The molecular formula is C12H15BrF3NS. The molecular weight excluding hydrogens is 327 g/mol. The van der Waals surface area contributed by atoms with E-state index < -0.39 is 11.7 Å². The fourth-order valence-electron chi connectivity index (χ4n) is 1.45. The van der Waals surface area contributed by atoms with Gasteiger partial charge in [0.15, 0.2) is 0 Å². The number of thioether (sulfide) groups is 1. The van der Waals surface area contributed by atoms with Gasteiger partial charge in [-0.05, 0) is 36.1 Å². The van der Waals surface area contributed by atoms with E-state index in [0.717, 1.165) is 24.0 Å². The van der Waals surface area contributed by atoms with Crippen molar-refractivity contribution in [2.75, 3.05) is 23.4 Å². The number of alkyl halides is 3. The highest BCUT2D eigenvalue weighted by atomic mass is 79.9. The van der Waals surface area contributed by atoms with Crippen LogP contribution in [0.1, 0.15) is 18.9 Å². The quantitative estimate of drug-likeness (QED) is 0.729. The van der Waals surface area contributed by atoms with Gasteiger partial charge in [0.1, 0.15) is 0 Å². The summed E-state index contributed by atoms with van der Waals surface area (Å²) < 4.78 is 38.8. The van der Waals surface area contributed by atoms with Crippen LogP contribution < -0.4 is 5.32 Å². The average Bonchev–Trinajstić information content (AvgIpc) is 2.29. The van der Waals surface area contributed by atoms with Gasteiger partial charge in [-0.15, -0.1) is 0 Å². The maximum atomic E-state index is 12.8. The molecule has 0 fully saturated rings. The Kier molecular flexibility index (Phi) is 6.35. The summed E-state index contributed by atoms with van der Waals surface area (Å²) in [4.78, 5) is 0. The largest absolute Gasteiger partial charge is 0.418 e. The number of benzene rings is 1. The molecule has 0 unspecified atom stereocenters. The molecule has 0 saturated heterocycles. The van der Waals surface area contributed by atoms with Crippen molar-refractivity contribution in [3.05, 3.63) is 28.2 Å². The van der Waals surface area contributed by atoms with Crippen molar-refractivity contribution in [2.45, 2.75) is 19.5 Å². The van der Waals surface area contributed by atoms with Gasteiger partial charge in [0.25, 0.3) is 0 Å². The van der Waals surface area contributed by atoms with Crippen molar-refractivity contribution in [1.29, 1.82) is 0 Å². The van der Waals surface area contributed by atoms with E-state index in [9.17, 15) is 13.2 Å². The van der Waals surface area contributed by atoms with Gasteiger partial charge >= 0.3 is 6.18 Å². The Morgan fingerprint density at radius 1 is 1.33 bits per heavy atom. The Bertz CT molecular complexity index is 382. The third kappa shape index (κ3) is 5.10. The predicted molar refractivity (Wildman–Crippen MR) is 75.2 cm³/mol. The first-order valence-electron chi connectivity index (χ1n) is 5.63. The highest BCUT2D eigenvalue weighted by molar-refractivity contribution is 9.10. The first-order valence-corrected chi connectivity index (χ1v) is 7.58. The Hall–Kier alpha value is -0.360. The molecule has 1 N–H and O–H groups in total. The molecule has 1 rings (SSSR count). The van der Waals surface area contributed by atoms with Gasteiger partial charge in [-0.25, -0.2) is 0 Å². The second-order valence-electron chi connectivity index (χ2n) is 3.66. The first-order chi connectivity index (χ1) is 8.45. The maximum Gasteiger partial charge on any atom is 0.418 e. The summed E-state index contributed by atoms with van der Waals surface area (Å²) in [6, 6.07) is 4.17. The molecule has 0 aliphatic heterocycles. The van der Waals surface area contributed by atoms with Gasteiger partial charge in [-0.2, -0.15) is 24.9 Å². The summed E-state index contributed by atoms with van der Waals surface area (Å²) in [6.07, 6.45) is -3.48. The van der Waals surface area contributed by atoms with E-state index in [1.165, 1.54) is 6.07 Å². The van der Waals surface area contributed by atoms with Crippen LogP contribution in [0.5, 0.6) is 0 Å². The molecule has 0 heterocycles. The first kappa shape index (κ1) is 15.7. The summed E-state index contributed by atoms with van der Waals surface area (Å²) in [5.74, 6) is 1.99. The Balaban J connectivity index is 2.65. The van der Waals surface area contributed by atoms with Gasteiger partial charge in [-0.1, -0.05) is 22.9 Å². The molecule has 0 spiro atoms. The van der Waals surface area contributed by atoms with E-state index >= 15 is 0 Å². The minimum Gasteiger partial charge on any atom is -0.385 e. The summed E-state index contributed by atoms with van der Waals surface area (Å²) in [6.45, 7) is 2.62. The van der Waals surface area contributed by atoms with Crippen molar-refractivity contribution >= 4 is 33.4 Å². The lowest BCUT2D eigenvalue weighted by Crippen LogP contribution is -2.12. The van der Waals surface area contributed by atoms with Gasteiger partial charge in [-0.3, -0.25) is 0 Å². The van der Waals surface area contributed by atoms with Gasteiger partial charge in [0.05, 0.1) is 5.56 Å². The molecule has 0 bridgehead atoms. The molecule has 0 aliphatic rings. The van der Waals surface area contributed by atoms with Crippen LogP contribution in [0, 0.1) is 0 Å². The average molecular weight is 342 g/mol. The molecule has 0 aliphatic carbocycles. The van der Waals surface area contributed by atoms with Crippen LogP contribution in [-0.4, -0.2) is 18.1 Å². The summed E-state index contributed by atoms with van der Waals surface area (Å²) in [5, 5.41) is 2.85. The van der Waals surface area contributed by atoms with E-state index in [-0.39, 0.29) is 5.69 Å². The molecule has 0 amide bonds. The second-order valence-corrected chi connectivity index (χ2v) is 5.97. The van der Waals surface area contributed by atoms with Crippen molar-refractivity contribution in [1.82, 2.24) is 0 Å². The summed E-state index contributed by atoms with van der Waals surface area (Å²) in [7, 11) is 0. The van der Waals surface area contributed by atoms with Crippen molar-refractivity contribution in [2.24, 2.45) is 0 Å². The van der Waals surface area contributed by atoms with Crippen LogP contribution in [0.2, 0.25) is 0 Å². The number of halogens is 4. The van der Waals surface area contributed by atoms with E-state index in [4.69, 9.17) is 0 Å². The number of anilines is 1. The minimum atomic E-state index is -4.33. The zero-order chi connectivity index (χ0) is 13.6. The Morgan fingerprint density at radius 2 is 2.06 bits per heavy atom. The van der Waals surface area contributed by atoms with E-state index in [2.05, 4.69) is 28.2 Å². The number of hydrogen-bond acceptors (Lipinski definition) is 2. The van der Waals surface area contributed by atoms with Crippen molar-refractivity contribution < 1.29 is 13.2 Å². The molecule has 0 saturated carbocycles. The maximum absolute atomic E-state index is 12.8. The molecule has 1 aromatic carbocycles. The molecule has 0 atom stereocenters.